The lowest BCUT2D eigenvalue weighted by Gasteiger charge is -2.21. The highest BCUT2D eigenvalue weighted by atomic mass is 32.2. The second-order valence-electron chi connectivity index (χ2n) is 5.03. The van der Waals surface area contributed by atoms with Gasteiger partial charge in [0.25, 0.3) is 0 Å². The van der Waals surface area contributed by atoms with E-state index in [0.29, 0.717) is 11.3 Å². The molecule has 3 nitrogen and oxygen atoms in total. The molecule has 1 heterocycles. The van der Waals surface area contributed by atoms with Gasteiger partial charge in [0.1, 0.15) is 0 Å². The fourth-order valence-electron chi connectivity index (χ4n) is 2.32. The maximum atomic E-state index is 11.9. The van der Waals surface area contributed by atoms with Crippen molar-refractivity contribution in [3.8, 4) is 0 Å². The van der Waals surface area contributed by atoms with Crippen LogP contribution in [0.2, 0.25) is 0 Å². The van der Waals surface area contributed by atoms with Gasteiger partial charge in [-0.05, 0) is 31.9 Å². The van der Waals surface area contributed by atoms with Gasteiger partial charge in [0.2, 0.25) is 0 Å². The average Bonchev–Trinajstić information content (AvgIpc) is 2.37. The van der Waals surface area contributed by atoms with Crippen molar-refractivity contribution in [1.82, 2.24) is 0 Å². The van der Waals surface area contributed by atoms with E-state index in [0.717, 1.165) is 5.56 Å². The van der Waals surface area contributed by atoms with E-state index in [-0.39, 0.29) is 11.7 Å². The minimum Gasteiger partial charge on any atom is -0.390 e. The third-order valence-corrected chi connectivity index (χ3v) is 4.74. The number of hydrogen-bond acceptors (Lipinski definition) is 3. The Balaban J connectivity index is 2.41. The van der Waals surface area contributed by atoms with Gasteiger partial charge in [-0.15, -0.1) is 0 Å². The molecule has 0 fully saturated rings. The summed E-state index contributed by atoms with van der Waals surface area (Å²) in [6.07, 6.45) is 0.475. The van der Waals surface area contributed by atoms with E-state index in [9.17, 15) is 13.5 Å². The lowest BCUT2D eigenvalue weighted by molar-refractivity contribution is 0.0652. The van der Waals surface area contributed by atoms with Gasteiger partial charge in [-0.1, -0.05) is 18.2 Å². The van der Waals surface area contributed by atoms with Crippen LogP contribution in [-0.4, -0.2) is 24.9 Å². The predicted molar refractivity (Wildman–Crippen MR) is 62.2 cm³/mol. The standard InChI is InChI=1S/C12H16O3S/c1-12(2,13)7-9-8-16(14,15)11-6-4-3-5-10(9)11/h3-6,9,13H,7-8H2,1-2H3. The summed E-state index contributed by atoms with van der Waals surface area (Å²) < 4.78 is 23.7. The Kier molecular flexibility index (Phi) is 2.59. The molecule has 0 saturated heterocycles. The maximum Gasteiger partial charge on any atom is 0.179 e. The number of sulfone groups is 1. The molecular weight excluding hydrogens is 224 g/mol. The van der Waals surface area contributed by atoms with Crippen LogP contribution in [0.15, 0.2) is 29.2 Å². The monoisotopic (exact) mass is 240 g/mol. The van der Waals surface area contributed by atoms with Gasteiger partial charge in [-0.25, -0.2) is 8.42 Å². The van der Waals surface area contributed by atoms with Crippen LogP contribution in [0.5, 0.6) is 0 Å². The van der Waals surface area contributed by atoms with Gasteiger partial charge in [0.15, 0.2) is 9.84 Å². The molecule has 1 aliphatic heterocycles. The third-order valence-electron chi connectivity index (χ3n) is 2.86. The van der Waals surface area contributed by atoms with Crippen molar-refractivity contribution < 1.29 is 13.5 Å². The highest BCUT2D eigenvalue weighted by Gasteiger charge is 2.36. The first-order valence-electron chi connectivity index (χ1n) is 5.34. The summed E-state index contributed by atoms with van der Waals surface area (Å²) in [5.41, 5.74) is 0.0158. The van der Waals surface area contributed by atoms with Crippen LogP contribution in [0.3, 0.4) is 0 Å². The molecule has 1 unspecified atom stereocenters. The fourth-order valence-corrected chi connectivity index (χ4v) is 4.20. The van der Waals surface area contributed by atoms with E-state index in [1.54, 1.807) is 26.0 Å². The minimum atomic E-state index is -3.14. The van der Waals surface area contributed by atoms with Gasteiger partial charge >= 0.3 is 0 Å². The number of rotatable bonds is 2. The summed E-state index contributed by atoms with van der Waals surface area (Å²) in [5.74, 6) is 0.0391. The van der Waals surface area contributed by atoms with Gasteiger partial charge in [0, 0.05) is 5.92 Å². The zero-order valence-electron chi connectivity index (χ0n) is 9.47. The largest absolute Gasteiger partial charge is 0.390 e. The topological polar surface area (TPSA) is 54.4 Å². The van der Waals surface area contributed by atoms with Gasteiger partial charge in [-0.2, -0.15) is 0 Å². The van der Waals surface area contributed by atoms with Gasteiger partial charge in [-0.3, -0.25) is 0 Å². The van der Waals surface area contributed by atoms with Crippen molar-refractivity contribution in [2.24, 2.45) is 0 Å². The molecule has 1 aliphatic rings. The Morgan fingerprint density at radius 3 is 2.62 bits per heavy atom. The second kappa shape index (κ2) is 3.57. The molecule has 4 heteroatoms. The minimum absolute atomic E-state index is 0.0822. The summed E-state index contributed by atoms with van der Waals surface area (Å²) in [6, 6.07) is 7.07. The summed E-state index contributed by atoms with van der Waals surface area (Å²) in [6.45, 7) is 3.42. The van der Waals surface area contributed by atoms with Crippen molar-refractivity contribution >= 4 is 9.84 Å². The van der Waals surface area contributed by atoms with E-state index in [4.69, 9.17) is 0 Å². The highest BCUT2D eigenvalue weighted by Crippen LogP contribution is 2.38. The lowest BCUT2D eigenvalue weighted by atomic mass is 9.89. The average molecular weight is 240 g/mol. The quantitative estimate of drug-likeness (QED) is 0.856. The molecule has 0 aliphatic carbocycles. The van der Waals surface area contributed by atoms with Crippen molar-refractivity contribution in [1.29, 1.82) is 0 Å². The van der Waals surface area contributed by atoms with Crippen LogP contribution in [0, 0.1) is 0 Å². The Hall–Kier alpha value is -0.870. The van der Waals surface area contributed by atoms with Crippen LogP contribution in [0.1, 0.15) is 31.7 Å². The van der Waals surface area contributed by atoms with Crippen molar-refractivity contribution in [2.75, 3.05) is 5.75 Å². The number of benzene rings is 1. The Labute approximate surface area is 96.0 Å². The molecule has 88 valence electrons. The molecule has 16 heavy (non-hydrogen) atoms. The molecule has 1 N–H and O–H groups in total. The Bertz CT molecular complexity index is 497. The maximum absolute atomic E-state index is 11.9. The molecule has 0 saturated carbocycles. The van der Waals surface area contributed by atoms with E-state index in [1.165, 1.54) is 0 Å². The molecule has 2 rings (SSSR count). The van der Waals surface area contributed by atoms with Gasteiger partial charge in [0.05, 0.1) is 16.2 Å². The third kappa shape index (κ3) is 2.13. The first-order chi connectivity index (χ1) is 7.30. The van der Waals surface area contributed by atoms with E-state index in [1.807, 2.05) is 12.1 Å². The summed E-state index contributed by atoms with van der Waals surface area (Å²) in [7, 11) is -3.14. The first-order valence-corrected chi connectivity index (χ1v) is 6.99. The van der Waals surface area contributed by atoms with Crippen LogP contribution in [0.4, 0.5) is 0 Å². The molecule has 0 amide bonds. The fraction of sp³-hybridized carbons (Fsp3) is 0.500. The highest BCUT2D eigenvalue weighted by molar-refractivity contribution is 7.91. The molecule has 1 aromatic carbocycles. The number of fused-ring (bicyclic) bond motifs is 1. The molecule has 0 aromatic heterocycles. The SMILES string of the molecule is CC(C)(O)CC1CS(=O)(=O)c2ccccc21. The van der Waals surface area contributed by atoms with Gasteiger partial charge < -0.3 is 5.11 Å². The second-order valence-corrected chi connectivity index (χ2v) is 7.04. The molecule has 0 radical (unpaired) electrons. The summed E-state index contributed by atoms with van der Waals surface area (Å²) in [5, 5.41) is 9.78. The van der Waals surface area contributed by atoms with E-state index >= 15 is 0 Å². The number of hydrogen-bond donors (Lipinski definition) is 1. The summed E-state index contributed by atoms with van der Waals surface area (Å²) in [4.78, 5) is 0.434. The lowest BCUT2D eigenvalue weighted by Crippen LogP contribution is -2.23. The normalized spacial score (nSPS) is 23.1. The van der Waals surface area contributed by atoms with Crippen LogP contribution < -0.4 is 0 Å². The first kappa shape index (κ1) is 11.6. The predicted octanol–water partition coefficient (Wildman–Crippen LogP) is 1.72. The molecule has 0 spiro atoms. The van der Waals surface area contributed by atoms with Crippen LogP contribution >= 0.6 is 0 Å². The molecule has 0 bridgehead atoms. The van der Waals surface area contributed by atoms with Crippen molar-refractivity contribution in [2.45, 2.75) is 36.7 Å². The van der Waals surface area contributed by atoms with Crippen LogP contribution in [0.25, 0.3) is 0 Å². The van der Waals surface area contributed by atoms with E-state index in [2.05, 4.69) is 0 Å². The van der Waals surface area contributed by atoms with Crippen molar-refractivity contribution in [3.05, 3.63) is 29.8 Å². The molecular formula is C12H16O3S. The van der Waals surface area contributed by atoms with Crippen LogP contribution in [-0.2, 0) is 9.84 Å². The van der Waals surface area contributed by atoms with Crippen molar-refractivity contribution in [3.63, 3.8) is 0 Å². The Morgan fingerprint density at radius 2 is 2.00 bits per heavy atom. The molecule has 1 aromatic rings. The molecule has 1 atom stereocenters. The number of aliphatic hydroxyl groups is 1. The zero-order chi connectivity index (χ0) is 12.0. The summed E-state index contributed by atoms with van der Waals surface area (Å²) >= 11 is 0. The zero-order valence-corrected chi connectivity index (χ0v) is 10.3. The van der Waals surface area contributed by atoms with E-state index < -0.39 is 15.4 Å². The smallest absolute Gasteiger partial charge is 0.179 e. The Morgan fingerprint density at radius 1 is 1.38 bits per heavy atom.